The molecule has 8 heteroatoms. The van der Waals surface area contributed by atoms with E-state index in [1.807, 2.05) is 0 Å². The molecule has 1 saturated heterocycles. The second kappa shape index (κ2) is 5.51. The van der Waals surface area contributed by atoms with Crippen LogP contribution >= 0.6 is 37.2 Å². The number of rotatable bonds is 2. The molecule has 1 aliphatic heterocycles. The van der Waals surface area contributed by atoms with Gasteiger partial charge < -0.3 is 14.9 Å². The molecule has 106 valence electrons. The first-order chi connectivity index (χ1) is 8.17. The zero-order valence-corrected chi connectivity index (χ0v) is 14.3. The molecular weight excluding hydrogens is 358 g/mol. The summed E-state index contributed by atoms with van der Waals surface area (Å²) < 4.78 is 5.28. The van der Waals surface area contributed by atoms with Crippen LogP contribution in [0, 0.1) is 11.8 Å². The van der Waals surface area contributed by atoms with E-state index in [2.05, 4.69) is 0 Å². The minimum atomic E-state index is -3.11. The number of hydrogen-bond donors (Lipinski definition) is 2. The van der Waals surface area contributed by atoms with Crippen LogP contribution in [-0.4, -0.2) is 34.6 Å². The molecule has 2 aliphatic carbocycles. The van der Waals surface area contributed by atoms with Crippen LogP contribution in [0.1, 0.15) is 25.7 Å². The van der Waals surface area contributed by atoms with Gasteiger partial charge in [0.25, 0.3) is 0 Å². The first-order valence-corrected chi connectivity index (χ1v) is 14.5. The van der Waals surface area contributed by atoms with E-state index < -0.39 is 23.5 Å². The molecule has 0 spiro atoms. The topological polar surface area (TPSA) is 49.7 Å². The van der Waals surface area contributed by atoms with Gasteiger partial charge in [0.15, 0.2) is 0 Å². The van der Waals surface area contributed by atoms with Crippen LogP contribution < -0.4 is 0 Å². The Kier molecular flexibility index (Phi) is 4.94. The zero-order valence-electron chi connectivity index (χ0n) is 9.71. The summed E-state index contributed by atoms with van der Waals surface area (Å²) in [6.07, 6.45) is 4.20. The molecule has 2 saturated carbocycles. The molecule has 0 radical (unpaired) electrons. The van der Waals surface area contributed by atoms with E-state index in [1.54, 1.807) is 0 Å². The number of aliphatic hydroxyl groups is 2. The molecule has 0 bridgehead atoms. The Bertz CT molecular complexity index is 289. The van der Waals surface area contributed by atoms with Gasteiger partial charge in [-0.15, -0.1) is 0 Å². The van der Waals surface area contributed by atoms with Crippen molar-refractivity contribution >= 4 is 37.2 Å². The Hall–Kier alpha value is 1.75. The van der Waals surface area contributed by atoms with Gasteiger partial charge >= 0.3 is 49.6 Å². The fourth-order valence-corrected chi connectivity index (χ4v) is 2.68. The SMILES string of the molecule is O[C@@]1(C2CC2)COC[C@]1(O)C1CC1.[Cl][Ti]([Cl])([Cl])[Cl]. The molecule has 1 heterocycles. The van der Waals surface area contributed by atoms with Crippen LogP contribution in [0.2, 0.25) is 0 Å². The van der Waals surface area contributed by atoms with E-state index >= 15 is 0 Å². The van der Waals surface area contributed by atoms with Crippen LogP contribution in [0.3, 0.4) is 0 Å². The molecule has 0 unspecified atom stereocenters. The molecule has 0 aromatic rings. The van der Waals surface area contributed by atoms with Gasteiger partial charge in [-0.3, -0.25) is 0 Å². The van der Waals surface area contributed by atoms with Crippen molar-refractivity contribution in [3.8, 4) is 0 Å². The molecule has 0 aromatic carbocycles. The summed E-state index contributed by atoms with van der Waals surface area (Å²) in [5.74, 6) is 0.584. The van der Waals surface area contributed by atoms with E-state index in [4.69, 9.17) is 42.0 Å². The first kappa shape index (κ1) is 16.1. The van der Waals surface area contributed by atoms with Crippen molar-refractivity contribution in [2.24, 2.45) is 11.8 Å². The Morgan fingerprint density at radius 1 is 0.833 bits per heavy atom. The fraction of sp³-hybridized carbons (Fsp3) is 1.00. The summed E-state index contributed by atoms with van der Waals surface area (Å²) in [5, 5.41) is 20.8. The van der Waals surface area contributed by atoms with Gasteiger partial charge in [-0.1, -0.05) is 0 Å². The summed E-state index contributed by atoms with van der Waals surface area (Å²) >= 11 is -3.11. The van der Waals surface area contributed by atoms with Crippen molar-refractivity contribution in [2.45, 2.75) is 36.9 Å². The number of ether oxygens (including phenoxy) is 1. The molecule has 2 N–H and O–H groups in total. The van der Waals surface area contributed by atoms with Gasteiger partial charge in [0.1, 0.15) is 11.2 Å². The Labute approximate surface area is 126 Å². The Morgan fingerprint density at radius 3 is 1.33 bits per heavy atom. The summed E-state index contributed by atoms with van der Waals surface area (Å²) in [5.41, 5.74) is -1.84. The average molecular weight is 374 g/mol. The summed E-state index contributed by atoms with van der Waals surface area (Å²) in [4.78, 5) is 0. The van der Waals surface area contributed by atoms with Crippen molar-refractivity contribution in [1.29, 1.82) is 0 Å². The zero-order chi connectivity index (χ0) is 13.6. The first-order valence-electron chi connectivity index (χ1n) is 5.95. The molecular formula is C10H16Cl4O3Ti. The molecule has 2 atom stereocenters. The number of halogens is 4. The van der Waals surface area contributed by atoms with Crippen molar-refractivity contribution in [2.75, 3.05) is 13.2 Å². The third kappa shape index (κ3) is 3.69. The van der Waals surface area contributed by atoms with E-state index in [0.29, 0.717) is 25.0 Å². The van der Waals surface area contributed by atoms with Crippen molar-refractivity contribution in [3.05, 3.63) is 0 Å². The average Bonchev–Trinajstić information content (AvgIpc) is 3.08. The van der Waals surface area contributed by atoms with Gasteiger partial charge in [-0.25, -0.2) is 0 Å². The van der Waals surface area contributed by atoms with Crippen molar-refractivity contribution in [1.82, 2.24) is 0 Å². The predicted molar refractivity (Wildman–Crippen MR) is 69.6 cm³/mol. The van der Waals surface area contributed by atoms with Crippen LogP contribution in [0.25, 0.3) is 0 Å². The van der Waals surface area contributed by atoms with Crippen molar-refractivity contribution < 1.29 is 27.3 Å². The van der Waals surface area contributed by atoms with Gasteiger partial charge in [0.2, 0.25) is 0 Å². The van der Waals surface area contributed by atoms with E-state index in [1.165, 1.54) is 0 Å². The standard InChI is InChI=1S/C10H16O3.4ClH.Ti/c11-9(7-1-2-7)5-13-6-10(9,12)8-3-4-8;;;;;/h7-8,11-12H,1-6H2;4*1H;/q;;;;;+4/p-4/t9-,10+;;;;;. The molecule has 18 heavy (non-hydrogen) atoms. The summed E-state index contributed by atoms with van der Waals surface area (Å²) in [6.45, 7) is 0.676. The Balaban J connectivity index is 0.000000209. The summed E-state index contributed by atoms with van der Waals surface area (Å²) in [7, 11) is 20.1. The van der Waals surface area contributed by atoms with E-state index in [-0.39, 0.29) is 0 Å². The predicted octanol–water partition coefficient (Wildman–Crippen LogP) is 3.05. The minimum absolute atomic E-state index is 0.292. The molecule has 3 nitrogen and oxygen atoms in total. The van der Waals surface area contributed by atoms with Crippen LogP contribution in [0.4, 0.5) is 0 Å². The quantitative estimate of drug-likeness (QED) is 0.731. The van der Waals surface area contributed by atoms with E-state index in [9.17, 15) is 10.2 Å². The number of hydrogen-bond acceptors (Lipinski definition) is 3. The molecule has 3 aliphatic rings. The second-order valence-corrected chi connectivity index (χ2v) is 20.8. The molecule has 3 fully saturated rings. The van der Waals surface area contributed by atoms with Gasteiger partial charge in [-0.2, -0.15) is 0 Å². The molecule has 3 rings (SSSR count). The summed E-state index contributed by atoms with van der Waals surface area (Å²) in [6, 6.07) is 0. The molecule has 0 amide bonds. The van der Waals surface area contributed by atoms with Crippen LogP contribution in [0.5, 0.6) is 0 Å². The van der Waals surface area contributed by atoms with E-state index in [0.717, 1.165) is 25.7 Å². The van der Waals surface area contributed by atoms with Crippen molar-refractivity contribution in [3.63, 3.8) is 0 Å². The second-order valence-electron chi connectivity index (χ2n) is 5.32. The maximum atomic E-state index is 10.4. The van der Waals surface area contributed by atoms with Gasteiger partial charge in [-0.05, 0) is 37.5 Å². The normalized spacial score (nSPS) is 40.3. The monoisotopic (exact) mass is 372 g/mol. The van der Waals surface area contributed by atoms with Crippen LogP contribution in [0.15, 0.2) is 0 Å². The fourth-order valence-electron chi connectivity index (χ4n) is 2.68. The Morgan fingerprint density at radius 2 is 1.11 bits per heavy atom. The maximum absolute atomic E-state index is 10.4. The molecule has 0 aromatic heterocycles. The third-order valence-corrected chi connectivity index (χ3v) is 3.90. The van der Waals surface area contributed by atoms with Gasteiger partial charge in [0.05, 0.1) is 13.2 Å². The van der Waals surface area contributed by atoms with Crippen LogP contribution in [-0.2, 0) is 17.1 Å². The van der Waals surface area contributed by atoms with Gasteiger partial charge in [0, 0.05) is 0 Å². The third-order valence-electron chi connectivity index (χ3n) is 3.90.